The Balaban J connectivity index is 2.87. The standard InChI is InChI=1S/C8H7ClN2/c9-8-4-7(2-1-3-10)5-11-6-8/h4-6H,3,10H2. The molecule has 1 aromatic heterocycles. The molecule has 11 heavy (non-hydrogen) atoms. The molecule has 2 nitrogen and oxygen atoms in total. The molecule has 0 aromatic carbocycles. The summed E-state index contributed by atoms with van der Waals surface area (Å²) >= 11 is 5.66. The van der Waals surface area contributed by atoms with E-state index in [-0.39, 0.29) is 0 Å². The quantitative estimate of drug-likeness (QED) is 0.585. The summed E-state index contributed by atoms with van der Waals surface area (Å²) in [4.78, 5) is 3.86. The molecule has 0 fully saturated rings. The first-order valence-corrected chi connectivity index (χ1v) is 3.50. The van der Waals surface area contributed by atoms with Crippen LogP contribution in [-0.2, 0) is 0 Å². The summed E-state index contributed by atoms with van der Waals surface area (Å²) in [5, 5.41) is 0.592. The van der Waals surface area contributed by atoms with Gasteiger partial charge in [0.05, 0.1) is 11.6 Å². The third-order valence-electron chi connectivity index (χ3n) is 1.04. The molecule has 0 radical (unpaired) electrons. The maximum atomic E-state index is 5.66. The van der Waals surface area contributed by atoms with Gasteiger partial charge in [0.1, 0.15) is 0 Å². The third-order valence-corrected chi connectivity index (χ3v) is 1.25. The van der Waals surface area contributed by atoms with Gasteiger partial charge in [0.25, 0.3) is 0 Å². The molecule has 1 aromatic rings. The van der Waals surface area contributed by atoms with Gasteiger partial charge in [-0.1, -0.05) is 23.4 Å². The van der Waals surface area contributed by atoms with E-state index in [4.69, 9.17) is 17.3 Å². The topological polar surface area (TPSA) is 38.9 Å². The van der Waals surface area contributed by atoms with E-state index in [9.17, 15) is 0 Å². The van der Waals surface area contributed by atoms with E-state index in [0.29, 0.717) is 11.6 Å². The maximum absolute atomic E-state index is 5.66. The molecule has 0 atom stereocenters. The summed E-state index contributed by atoms with van der Waals surface area (Å²) in [6.07, 6.45) is 3.21. The normalized spacial score (nSPS) is 8.55. The zero-order chi connectivity index (χ0) is 8.10. The molecular formula is C8H7ClN2. The van der Waals surface area contributed by atoms with Crippen molar-refractivity contribution >= 4 is 11.6 Å². The number of aromatic nitrogens is 1. The van der Waals surface area contributed by atoms with E-state index in [1.807, 2.05) is 0 Å². The highest BCUT2D eigenvalue weighted by Gasteiger charge is 1.88. The molecule has 0 saturated carbocycles. The average Bonchev–Trinajstić information content (AvgIpc) is 2.01. The molecule has 56 valence electrons. The van der Waals surface area contributed by atoms with Crippen LogP contribution in [0.2, 0.25) is 5.02 Å². The van der Waals surface area contributed by atoms with Gasteiger partial charge in [0.15, 0.2) is 0 Å². The fourth-order valence-electron chi connectivity index (χ4n) is 0.633. The van der Waals surface area contributed by atoms with Gasteiger partial charge in [-0.2, -0.15) is 0 Å². The second-order valence-corrected chi connectivity index (χ2v) is 2.33. The molecule has 1 heterocycles. The number of pyridine rings is 1. The number of nitrogens with two attached hydrogens (primary N) is 1. The second kappa shape index (κ2) is 3.97. The van der Waals surface area contributed by atoms with Crippen LogP contribution in [0.4, 0.5) is 0 Å². The summed E-state index contributed by atoms with van der Waals surface area (Å²) in [6, 6.07) is 1.75. The predicted molar refractivity (Wildman–Crippen MR) is 45.2 cm³/mol. The Morgan fingerprint density at radius 2 is 2.36 bits per heavy atom. The van der Waals surface area contributed by atoms with E-state index in [2.05, 4.69) is 16.8 Å². The van der Waals surface area contributed by atoms with Crippen LogP contribution in [0.5, 0.6) is 0 Å². The molecule has 0 saturated heterocycles. The van der Waals surface area contributed by atoms with Gasteiger partial charge >= 0.3 is 0 Å². The van der Waals surface area contributed by atoms with Crippen molar-refractivity contribution in [3.8, 4) is 11.8 Å². The Morgan fingerprint density at radius 1 is 1.55 bits per heavy atom. The Morgan fingerprint density at radius 3 is 3.00 bits per heavy atom. The lowest BCUT2D eigenvalue weighted by Crippen LogP contribution is -1.93. The molecule has 0 spiro atoms. The molecule has 0 aliphatic carbocycles. The smallest absolute Gasteiger partial charge is 0.0601 e. The van der Waals surface area contributed by atoms with Crippen LogP contribution in [0, 0.1) is 11.8 Å². The van der Waals surface area contributed by atoms with Crippen molar-refractivity contribution in [3.63, 3.8) is 0 Å². The first kappa shape index (κ1) is 8.06. The summed E-state index contributed by atoms with van der Waals surface area (Å²) in [5.74, 6) is 5.53. The Labute approximate surface area is 70.4 Å². The van der Waals surface area contributed by atoms with E-state index in [1.165, 1.54) is 0 Å². The van der Waals surface area contributed by atoms with Gasteiger partial charge in [0.2, 0.25) is 0 Å². The van der Waals surface area contributed by atoms with Crippen molar-refractivity contribution in [2.75, 3.05) is 6.54 Å². The lowest BCUT2D eigenvalue weighted by Gasteiger charge is -1.88. The summed E-state index contributed by atoms with van der Waals surface area (Å²) in [7, 11) is 0. The minimum atomic E-state index is 0.354. The maximum Gasteiger partial charge on any atom is 0.0601 e. The van der Waals surface area contributed by atoms with Crippen molar-refractivity contribution < 1.29 is 0 Å². The van der Waals surface area contributed by atoms with Crippen molar-refractivity contribution in [3.05, 3.63) is 29.0 Å². The van der Waals surface area contributed by atoms with E-state index in [0.717, 1.165) is 5.56 Å². The molecule has 0 amide bonds. The highest BCUT2D eigenvalue weighted by molar-refractivity contribution is 6.30. The highest BCUT2D eigenvalue weighted by atomic mass is 35.5. The first-order valence-electron chi connectivity index (χ1n) is 3.12. The largest absolute Gasteiger partial charge is 0.320 e. The van der Waals surface area contributed by atoms with Crippen LogP contribution in [0.3, 0.4) is 0 Å². The molecule has 0 bridgehead atoms. The van der Waals surface area contributed by atoms with Crippen LogP contribution < -0.4 is 5.73 Å². The average molecular weight is 167 g/mol. The molecular weight excluding hydrogens is 160 g/mol. The summed E-state index contributed by atoms with van der Waals surface area (Å²) < 4.78 is 0. The minimum absolute atomic E-state index is 0.354. The number of rotatable bonds is 0. The van der Waals surface area contributed by atoms with Crippen LogP contribution >= 0.6 is 11.6 Å². The minimum Gasteiger partial charge on any atom is -0.320 e. The lowest BCUT2D eigenvalue weighted by molar-refractivity contribution is 1.29. The Bertz CT molecular complexity index is 298. The molecule has 3 heteroatoms. The summed E-state index contributed by atoms with van der Waals surface area (Å²) in [6.45, 7) is 0.354. The van der Waals surface area contributed by atoms with E-state index >= 15 is 0 Å². The van der Waals surface area contributed by atoms with Crippen LogP contribution in [-0.4, -0.2) is 11.5 Å². The zero-order valence-corrected chi connectivity index (χ0v) is 6.60. The second-order valence-electron chi connectivity index (χ2n) is 1.90. The van der Waals surface area contributed by atoms with Gasteiger partial charge in [-0.05, 0) is 6.07 Å². The van der Waals surface area contributed by atoms with E-state index in [1.54, 1.807) is 18.5 Å². The SMILES string of the molecule is NCC#Cc1cncc(Cl)c1. The number of hydrogen-bond acceptors (Lipinski definition) is 2. The Kier molecular flexibility index (Phi) is 2.91. The Hall–Kier alpha value is -1.04. The fraction of sp³-hybridized carbons (Fsp3) is 0.125. The zero-order valence-electron chi connectivity index (χ0n) is 5.84. The van der Waals surface area contributed by atoms with Gasteiger partial charge in [-0.3, -0.25) is 4.98 Å². The highest BCUT2D eigenvalue weighted by Crippen LogP contribution is 2.06. The van der Waals surface area contributed by atoms with Crippen LogP contribution in [0.15, 0.2) is 18.5 Å². The van der Waals surface area contributed by atoms with Crippen molar-refractivity contribution in [2.24, 2.45) is 5.73 Å². The predicted octanol–water partition coefficient (Wildman–Crippen LogP) is 1.05. The monoisotopic (exact) mass is 166 g/mol. The van der Waals surface area contributed by atoms with Crippen LogP contribution in [0.1, 0.15) is 5.56 Å². The van der Waals surface area contributed by atoms with Crippen molar-refractivity contribution in [1.82, 2.24) is 4.98 Å². The van der Waals surface area contributed by atoms with Crippen molar-refractivity contribution in [2.45, 2.75) is 0 Å². The van der Waals surface area contributed by atoms with Crippen molar-refractivity contribution in [1.29, 1.82) is 0 Å². The first-order chi connectivity index (χ1) is 5.33. The molecule has 0 aliphatic rings. The van der Waals surface area contributed by atoms with Gasteiger partial charge in [0, 0.05) is 18.0 Å². The number of nitrogens with zero attached hydrogens (tertiary/aromatic N) is 1. The molecule has 2 N–H and O–H groups in total. The van der Waals surface area contributed by atoms with Gasteiger partial charge in [-0.25, -0.2) is 0 Å². The van der Waals surface area contributed by atoms with Gasteiger partial charge < -0.3 is 5.73 Å². The molecule has 0 aliphatic heterocycles. The fourth-order valence-corrected chi connectivity index (χ4v) is 0.807. The summed E-state index contributed by atoms with van der Waals surface area (Å²) in [5.41, 5.74) is 5.98. The molecule has 0 unspecified atom stereocenters. The number of hydrogen-bond donors (Lipinski definition) is 1. The molecule has 1 rings (SSSR count). The van der Waals surface area contributed by atoms with E-state index < -0.39 is 0 Å². The number of halogens is 1. The lowest BCUT2D eigenvalue weighted by atomic mass is 10.3. The third kappa shape index (κ3) is 2.58. The van der Waals surface area contributed by atoms with Crippen LogP contribution in [0.25, 0.3) is 0 Å². The van der Waals surface area contributed by atoms with Gasteiger partial charge in [-0.15, -0.1) is 0 Å².